The maximum atomic E-state index is 11.0. The fourth-order valence-electron chi connectivity index (χ4n) is 1.29. The second-order valence-electron chi connectivity index (χ2n) is 3.43. The highest BCUT2D eigenvalue weighted by molar-refractivity contribution is 7.73. The summed E-state index contributed by atoms with van der Waals surface area (Å²) in [5.74, 6) is 0. The molecule has 0 bridgehead atoms. The zero-order chi connectivity index (χ0) is 14.6. The predicted octanol–water partition coefficient (Wildman–Crippen LogP) is 4.06. The van der Waals surface area contributed by atoms with Crippen molar-refractivity contribution in [2.24, 2.45) is 0 Å². The lowest BCUT2D eigenvalue weighted by Crippen LogP contribution is -1.89. The van der Waals surface area contributed by atoms with E-state index in [9.17, 15) is 4.21 Å². The first-order valence-electron chi connectivity index (χ1n) is 6.40. The minimum Gasteiger partial charge on any atom is -0.440 e. The summed E-state index contributed by atoms with van der Waals surface area (Å²) in [7, 11) is -1.60. The SMILES string of the molecule is CC.CCCc1ccc(C)c([S-](=N)=O)c1.CCO. The van der Waals surface area contributed by atoms with Gasteiger partial charge in [0.15, 0.2) is 0 Å². The first-order valence-corrected chi connectivity index (χ1v) is 7.55. The summed E-state index contributed by atoms with van der Waals surface area (Å²) in [6.07, 6.45) is 2.07. The summed E-state index contributed by atoms with van der Waals surface area (Å²) in [6.45, 7) is 9.93. The Bertz CT molecular complexity index is 379. The fraction of sp³-hybridized carbons (Fsp3) is 0.571. The molecule has 0 aliphatic carbocycles. The van der Waals surface area contributed by atoms with Gasteiger partial charge in [-0.1, -0.05) is 55.9 Å². The van der Waals surface area contributed by atoms with Crippen molar-refractivity contribution < 1.29 is 9.32 Å². The van der Waals surface area contributed by atoms with Gasteiger partial charge in [-0.05, 0) is 25.8 Å². The quantitative estimate of drug-likeness (QED) is 0.815. The van der Waals surface area contributed by atoms with Crippen molar-refractivity contribution in [3.8, 4) is 0 Å². The normalized spacial score (nSPS) is 9.06. The van der Waals surface area contributed by atoms with Crippen LogP contribution in [0.15, 0.2) is 23.1 Å². The third kappa shape index (κ3) is 8.25. The molecule has 0 fully saturated rings. The van der Waals surface area contributed by atoms with Gasteiger partial charge in [-0.2, -0.15) is 10.6 Å². The van der Waals surface area contributed by atoms with Gasteiger partial charge < -0.3 is 14.1 Å². The van der Waals surface area contributed by atoms with E-state index in [4.69, 9.17) is 9.89 Å². The number of aliphatic hydroxyl groups excluding tert-OH is 1. The van der Waals surface area contributed by atoms with Crippen molar-refractivity contribution in [1.29, 1.82) is 4.78 Å². The van der Waals surface area contributed by atoms with Crippen LogP contribution in [0.25, 0.3) is 0 Å². The molecule has 0 saturated carbocycles. The van der Waals surface area contributed by atoms with Crippen LogP contribution in [-0.2, 0) is 21.2 Å². The number of benzene rings is 1. The number of nitrogens with one attached hydrogen (secondary N) is 1. The van der Waals surface area contributed by atoms with Crippen LogP contribution in [0.3, 0.4) is 0 Å². The highest BCUT2D eigenvalue weighted by atomic mass is 32.2. The molecule has 0 aliphatic rings. The number of aryl methyl sites for hydroxylation is 2. The Balaban J connectivity index is 0. The van der Waals surface area contributed by atoms with Crippen LogP contribution in [-0.4, -0.2) is 11.7 Å². The molecule has 0 atom stereocenters. The van der Waals surface area contributed by atoms with Gasteiger partial charge in [0, 0.05) is 6.61 Å². The Morgan fingerprint density at radius 1 is 1.28 bits per heavy atom. The Hall–Kier alpha value is -0.870. The van der Waals surface area contributed by atoms with Gasteiger partial charge in [-0.15, -0.1) is 0 Å². The summed E-state index contributed by atoms with van der Waals surface area (Å²) >= 11 is 0. The predicted molar refractivity (Wildman–Crippen MR) is 78.3 cm³/mol. The van der Waals surface area contributed by atoms with E-state index in [0.717, 1.165) is 18.4 Å². The zero-order valence-electron chi connectivity index (χ0n) is 12.1. The minimum absolute atomic E-state index is 0.250. The molecule has 4 heteroatoms. The second-order valence-corrected chi connectivity index (χ2v) is 4.41. The molecule has 18 heavy (non-hydrogen) atoms. The van der Waals surface area contributed by atoms with Gasteiger partial charge in [0.25, 0.3) is 0 Å². The third-order valence-electron chi connectivity index (χ3n) is 1.99. The highest BCUT2D eigenvalue weighted by Gasteiger charge is 1.94. The lowest BCUT2D eigenvalue weighted by atomic mass is 10.1. The second kappa shape index (κ2) is 12.6. The van der Waals surface area contributed by atoms with E-state index in [-0.39, 0.29) is 6.61 Å². The van der Waals surface area contributed by atoms with E-state index in [0.29, 0.717) is 4.90 Å². The molecule has 1 aromatic rings. The monoisotopic (exact) mass is 272 g/mol. The van der Waals surface area contributed by atoms with E-state index in [1.807, 2.05) is 39.0 Å². The molecule has 1 rings (SSSR count). The van der Waals surface area contributed by atoms with Crippen LogP contribution in [0.5, 0.6) is 0 Å². The van der Waals surface area contributed by atoms with Crippen LogP contribution in [0.2, 0.25) is 0 Å². The Morgan fingerprint density at radius 3 is 2.17 bits per heavy atom. The van der Waals surface area contributed by atoms with Crippen molar-refractivity contribution in [3.05, 3.63) is 29.3 Å². The largest absolute Gasteiger partial charge is 0.440 e. The maximum absolute atomic E-state index is 11.0. The van der Waals surface area contributed by atoms with Gasteiger partial charge in [0.2, 0.25) is 0 Å². The van der Waals surface area contributed by atoms with Gasteiger partial charge in [-0.25, -0.2) is 0 Å². The zero-order valence-corrected chi connectivity index (χ0v) is 12.9. The topological polar surface area (TPSA) is 61.2 Å². The van der Waals surface area contributed by atoms with Crippen LogP contribution in [0.1, 0.15) is 45.2 Å². The molecule has 0 spiro atoms. The van der Waals surface area contributed by atoms with E-state index >= 15 is 0 Å². The molecule has 0 amide bonds. The standard InChI is InChI=1S/C10H14NOS.C2H6O.C2H6/c1-3-4-9-6-5-8(2)10(7-9)13(11)12;1-2-3;1-2/h5-7,11H,3-4H2,1-2H3;3H,2H2,1H3;1-2H3/q-1;;. The highest BCUT2D eigenvalue weighted by Crippen LogP contribution is 2.14. The van der Waals surface area contributed by atoms with Crippen LogP contribution >= 0.6 is 0 Å². The lowest BCUT2D eigenvalue weighted by molar-refractivity contribution is 0.318. The summed E-state index contributed by atoms with van der Waals surface area (Å²) in [4.78, 5) is 0.644. The number of aliphatic hydroxyl groups is 1. The molecule has 0 aliphatic heterocycles. The van der Waals surface area contributed by atoms with E-state index < -0.39 is 10.6 Å². The minimum atomic E-state index is -1.60. The molecular formula is C14H26NO2S-. The fourth-order valence-corrected chi connectivity index (χ4v) is 1.91. The molecule has 3 nitrogen and oxygen atoms in total. The van der Waals surface area contributed by atoms with Crippen molar-refractivity contribution in [2.45, 2.75) is 52.4 Å². The molecule has 0 aromatic heterocycles. The van der Waals surface area contributed by atoms with E-state index in [1.165, 1.54) is 5.56 Å². The molecule has 0 radical (unpaired) electrons. The average molecular weight is 272 g/mol. The average Bonchev–Trinajstić information content (AvgIpc) is 2.35. The summed E-state index contributed by atoms with van der Waals surface area (Å²) < 4.78 is 18.2. The van der Waals surface area contributed by atoms with E-state index in [1.54, 1.807) is 6.92 Å². The van der Waals surface area contributed by atoms with Crippen LogP contribution < -0.4 is 0 Å². The number of rotatable bonds is 3. The Labute approximate surface area is 113 Å². The Morgan fingerprint density at radius 2 is 1.78 bits per heavy atom. The maximum Gasteiger partial charge on any atom is 0.0402 e. The summed E-state index contributed by atoms with van der Waals surface area (Å²) in [6, 6.07) is 5.85. The molecule has 2 N–H and O–H groups in total. The molecule has 106 valence electrons. The first kappa shape index (κ1) is 19.5. The van der Waals surface area contributed by atoms with Crippen molar-refractivity contribution in [3.63, 3.8) is 0 Å². The third-order valence-corrected chi connectivity index (χ3v) is 2.83. The summed E-state index contributed by atoms with van der Waals surface area (Å²) in [5, 5.41) is 7.57. The van der Waals surface area contributed by atoms with Gasteiger partial charge in [0.05, 0.1) is 0 Å². The Kier molecular flexibility index (Phi) is 13.6. The molecule has 0 unspecified atom stereocenters. The number of hydrogen-bond acceptors (Lipinski definition) is 4. The molecule has 0 saturated heterocycles. The van der Waals surface area contributed by atoms with Crippen molar-refractivity contribution in [2.75, 3.05) is 6.61 Å². The van der Waals surface area contributed by atoms with Gasteiger partial charge in [0.1, 0.15) is 0 Å². The van der Waals surface area contributed by atoms with E-state index in [2.05, 4.69) is 6.92 Å². The van der Waals surface area contributed by atoms with Crippen molar-refractivity contribution in [1.82, 2.24) is 0 Å². The van der Waals surface area contributed by atoms with Crippen LogP contribution in [0.4, 0.5) is 0 Å². The molecular weight excluding hydrogens is 246 g/mol. The summed E-state index contributed by atoms with van der Waals surface area (Å²) in [5.41, 5.74) is 2.11. The first-order chi connectivity index (χ1) is 8.56. The smallest absolute Gasteiger partial charge is 0.0402 e. The molecule has 0 heterocycles. The van der Waals surface area contributed by atoms with Crippen LogP contribution in [0, 0.1) is 11.7 Å². The van der Waals surface area contributed by atoms with Gasteiger partial charge >= 0.3 is 0 Å². The molecule has 1 aromatic carbocycles. The van der Waals surface area contributed by atoms with Gasteiger partial charge in [-0.3, -0.25) is 0 Å². The lowest BCUT2D eigenvalue weighted by Gasteiger charge is -2.09. The number of hydrogen-bond donors (Lipinski definition) is 2. The van der Waals surface area contributed by atoms with Crippen molar-refractivity contribution >= 4 is 10.6 Å².